The van der Waals surface area contributed by atoms with Gasteiger partial charge in [-0.3, -0.25) is 14.5 Å². The van der Waals surface area contributed by atoms with E-state index in [2.05, 4.69) is 30.0 Å². The number of nitrogen functional groups attached to an aromatic ring is 1. The number of anilines is 4. The second kappa shape index (κ2) is 8.92. The molecule has 3 aromatic carbocycles. The minimum absolute atomic E-state index is 0.496. The third-order valence-electron chi connectivity index (χ3n) is 5.49. The zero-order valence-electron chi connectivity index (χ0n) is 17.6. The Hall–Kier alpha value is -3.80. The molecule has 0 aliphatic carbocycles. The molecule has 0 radical (unpaired) electrons. The van der Waals surface area contributed by atoms with E-state index in [1.165, 1.54) is 10.5 Å². The summed E-state index contributed by atoms with van der Waals surface area (Å²) in [6, 6.07) is 24.5. The molecular weight excluding hydrogens is 388 g/mol. The van der Waals surface area contributed by atoms with Crippen LogP contribution in [0.2, 0.25) is 0 Å². The molecule has 0 unspecified atom stereocenters. The van der Waals surface area contributed by atoms with E-state index in [0.717, 1.165) is 5.69 Å². The Morgan fingerprint density at radius 3 is 2.10 bits per heavy atom. The number of nitrogens with two attached hydrogens (primary N) is 1. The van der Waals surface area contributed by atoms with Crippen LogP contribution in [0.5, 0.6) is 0 Å². The number of benzene rings is 3. The summed E-state index contributed by atoms with van der Waals surface area (Å²) in [4.78, 5) is 31.8. The SMILES string of the molecule is Cc1cccc(N2CCN(C(=O)C(=O)N(c3ccccc3)c3ccc(N)cc3)CC2)c1. The molecule has 1 heterocycles. The van der Waals surface area contributed by atoms with Gasteiger partial charge in [-0.15, -0.1) is 0 Å². The lowest BCUT2D eigenvalue weighted by molar-refractivity contribution is -0.144. The van der Waals surface area contributed by atoms with Crippen molar-refractivity contribution >= 4 is 34.6 Å². The molecule has 0 atom stereocenters. The maximum atomic E-state index is 13.3. The van der Waals surface area contributed by atoms with E-state index in [0.29, 0.717) is 43.2 Å². The van der Waals surface area contributed by atoms with Crippen molar-refractivity contribution in [3.05, 3.63) is 84.4 Å². The van der Waals surface area contributed by atoms with E-state index < -0.39 is 11.8 Å². The standard InChI is InChI=1S/C25H26N4O2/c1-19-6-5-9-23(18-19)27-14-16-28(17-15-27)24(30)25(31)29(21-7-3-2-4-8-21)22-12-10-20(26)11-13-22/h2-13,18H,14-17,26H2,1H3. The lowest BCUT2D eigenvalue weighted by Gasteiger charge is -2.36. The van der Waals surface area contributed by atoms with Gasteiger partial charge in [0.15, 0.2) is 0 Å². The van der Waals surface area contributed by atoms with Gasteiger partial charge in [0.1, 0.15) is 0 Å². The summed E-state index contributed by atoms with van der Waals surface area (Å²) >= 11 is 0. The summed E-state index contributed by atoms with van der Waals surface area (Å²) < 4.78 is 0. The zero-order valence-corrected chi connectivity index (χ0v) is 17.6. The first-order valence-corrected chi connectivity index (χ1v) is 10.4. The molecule has 2 N–H and O–H groups in total. The maximum Gasteiger partial charge on any atom is 0.321 e. The van der Waals surface area contributed by atoms with Crippen LogP contribution in [0, 0.1) is 6.92 Å². The maximum absolute atomic E-state index is 13.3. The number of carbonyl (C=O) groups excluding carboxylic acids is 2. The van der Waals surface area contributed by atoms with Gasteiger partial charge in [0.2, 0.25) is 0 Å². The summed E-state index contributed by atoms with van der Waals surface area (Å²) in [5.74, 6) is -1.07. The summed E-state index contributed by atoms with van der Waals surface area (Å²) in [5.41, 5.74) is 10.0. The Morgan fingerprint density at radius 1 is 0.806 bits per heavy atom. The smallest absolute Gasteiger partial charge is 0.321 e. The molecule has 1 aliphatic heterocycles. The summed E-state index contributed by atoms with van der Waals surface area (Å²) in [5, 5.41) is 0. The molecule has 0 saturated carbocycles. The van der Waals surface area contributed by atoms with Crippen LogP contribution in [-0.2, 0) is 9.59 Å². The molecule has 6 nitrogen and oxygen atoms in total. The van der Waals surface area contributed by atoms with Crippen LogP contribution < -0.4 is 15.5 Å². The normalized spacial score (nSPS) is 13.7. The lowest BCUT2D eigenvalue weighted by Crippen LogP contribution is -2.53. The molecule has 0 bridgehead atoms. The average molecular weight is 415 g/mol. The molecule has 3 aromatic rings. The van der Waals surface area contributed by atoms with Gasteiger partial charge in [-0.25, -0.2) is 0 Å². The minimum Gasteiger partial charge on any atom is -0.399 e. The Balaban J connectivity index is 1.51. The number of amides is 2. The molecule has 6 heteroatoms. The van der Waals surface area contributed by atoms with Crippen molar-refractivity contribution in [3.63, 3.8) is 0 Å². The summed E-state index contributed by atoms with van der Waals surface area (Å²) in [7, 11) is 0. The van der Waals surface area contributed by atoms with Crippen LogP contribution in [0.1, 0.15) is 5.56 Å². The summed E-state index contributed by atoms with van der Waals surface area (Å²) in [6.45, 7) is 4.45. The number of hydrogen-bond acceptors (Lipinski definition) is 4. The molecule has 1 aliphatic rings. The van der Waals surface area contributed by atoms with E-state index in [1.54, 1.807) is 29.2 Å². The fourth-order valence-electron chi connectivity index (χ4n) is 3.81. The molecule has 4 rings (SSSR count). The minimum atomic E-state index is -0.569. The van der Waals surface area contributed by atoms with Crippen molar-refractivity contribution in [1.29, 1.82) is 0 Å². The highest BCUT2D eigenvalue weighted by atomic mass is 16.2. The topological polar surface area (TPSA) is 69.9 Å². The predicted molar refractivity (Wildman–Crippen MR) is 124 cm³/mol. The molecule has 0 aromatic heterocycles. The number of aryl methyl sites for hydroxylation is 1. The van der Waals surface area contributed by atoms with Gasteiger partial charge in [0, 0.05) is 48.9 Å². The van der Waals surface area contributed by atoms with Crippen LogP contribution in [0.25, 0.3) is 0 Å². The number of piperazine rings is 1. The fraction of sp³-hybridized carbons (Fsp3) is 0.200. The number of rotatable bonds is 3. The predicted octanol–water partition coefficient (Wildman–Crippen LogP) is 3.59. The average Bonchev–Trinajstić information content (AvgIpc) is 2.81. The number of carbonyl (C=O) groups is 2. The second-order valence-corrected chi connectivity index (χ2v) is 7.69. The fourth-order valence-corrected chi connectivity index (χ4v) is 3.81. The molecule has 31 heavy (non-hydrogen) atoms. The Morgan fingerprint density at radius 2 is 1.45 bits per heavy atom. The van der Waals surface area contributed by atoms with Crippen LogP contribution in [0.3, 0.4) is 0 Å². The number of nitrogens with zero attached hydrogens (tertiary/aromatic N) is 3. The highest BCUT2D eigenvalue weighted by molar-refractivity contribution is 6.42. The van der Waals surface area contributed by atoms with E-state index in [1.807, 2.05) is 36.4 Å². The molecule has 1 saturated heterocycles. The van der Waals surface area contributed by atoms with Crippen LogP contribution in [-0.4, -0.2) is 42.9 Å². The Kier molecular flexibility index (Phi) is 5.89. The van der Waals surface area contributed by atoms with Crippen LogP contribution >= 0.6 is 0 Å². The molecule has 158 valence electrons. The first-order chi connectivity index (χ1) is 15.0. The van der Waals surface area contributed by atoms with Gasteiger partial charge >= 0.3 is 11.8 Å². The first kappa shape index (κ1) is 20.5. The molecule has 2 amide bonds. The zero-order chi connectivity index (χ0) is 21.8. The second-order valence-electron chi connectivity index (χ2n) is 7.69. The highest BCUT2D eigenvalue weighted by Gasteiger charge is 2.31. The summed E-state index contributed by atoms with van der Waals surface area (Å²) in [6.07, 6.45) is 0. The van der Waals surface area contributed by atoms with Crippen molar-refractivity contribution in [1.82, 2.24) is 4.90 Å². The molecular formula is C25H26N4O2. The van der Waals surface area contributed by atoms with Gasteiger partial charge in [-0.05, 0) is 61.0 Å². The number of hydrogen-bond donors (Lipinski definition) is 1. The Labute approximate surface area is 182 Å². The van der Waals surface area contributed by atoms with Gasteiger partial charge in [0.05, 0.1) is 0 Å². The van der Waals surface area contributed by atoms with E-state index in [-0.39, 0.29) is 0 Å². The van der Waals surface area contributed by atoms with Crippen molar-refractivity contribution in [2.45, 2.75) is 6.92 Å². The first-order valence-electron chi connectivity index (χ1n) is 10.4. The van der Waals surface area contributed by atoms with Crippen molar-refractivity contribution < 1.29 is 9.59 Å². The monoisotopic (exact) mass is 414 g/mol. The van der Waals surface area contributed by atoms with Crippen molar-refractivity contribution in [3.8, 4) is 0 Å². The highest BCUT2D eigenvalue weighted by Crippen LogP contribution is 2.27. The van der Waals surface area contributed by atoms with E-state index in [9.17, 15) is 9.59 Å². The van der Waals surface area contributed by atoms with E-state index >= 15 is 0 Å². The molecule has 1 fully saturated rings. The third-order valence-corrected chi connectivity index (χ3v) is 5.49. The van der Waals surface area contributed by atoms with Gasteiger partial charge in [-0.1, -0.05) is 30.3 Å². The van der Waals surface area contributed by atoms with Crippen molar-refractivity contribution in [2.24, 2.45) is 0 Å². The molecule has 0 spiro atoms. The van der Waals surface area contributed by atoms with Gasteiger partial charge in [0.25, 0.3) is 0 Å². The third kappa shape index (κ3) is 4.53. The van der Waals surface area contributed by atoms with Gasteiger partial charge < -0.3 is 15.5 Å². The quantitative estimate of drug-likeness (QED) is 0.525. The number of para-hydroxylation sites is 1. The Bertz CT molecular complexity index is 1060. The van der Waals surface area contributed by atoms with Crippen LogP contribution in [0.15, 0.2) is 78.9 Å². The largest absolute Gasteiger partial charge is 0.399 e. The van der Waals surface area contributed by atoms with Crippen LogP contribution in [0.4, 0.5) is 22.7 Å². The lowest BCUT2D eigenvalue weighted by atomic mass is 10.2. The van der Waals surface area contributed by atoms with Gasteiger partial charge in [-0.2, -0.15) is 0 Å². The van der Waals surface area contributed by atoms with Crippen molar-refractivity contribution in [2.75, 3.05) is 41.7 Å². The van der Waals surface area contributed by atoms with E-state index in [4.69, 9.17) is 5.73 Å².